The molecule has 0 unspecified atom stereocenters. The van der Waals surface area contributed by atoms with Crippen molar-refractivity contribution in [2.24, 2.45) is 0 Å². The van der Waals surface area contributed by atoms with Crippen molar-refractivity contribution < 1.29 is 33.6 Å². The number of carbonyl (C=O) groups is 2. The summed E-state index contributed by atoms with van der Waals surface area (Å²) in [5.41, 5.74) is 2.51. The normalized spacial score (nSPS) is 15.9. The topological polar surface area (TPSA) is 91.3 Å². The predicted octanol–water partition coefficient (Wildman–Crippen LogP) is 3.70. The Hall–Kier alpha value is -4.10. The summed E-state index contributed by atoms with van der Waals surface area (Å²) in [6.07, 6.45) is -2.43. The fourth-order valence-corrected chi connectivity index (χ4v) is 3.53. The van der Waals surface area contributed by atoms with E-state index in [9.17, 15) is 14.7 Å². The number of carbonyl (C=O) groups excluding carboxylic acids is 2. The van der Waals surface area contributed by atoms with Crippen LogP contribution in [0.25, 0.3) is 0 Å². The number of aliphatic hydroxyl groups excluding tert-OH is 1. The highest BCUT2D eigenvalue weighted by molar-refractivity contribution is 5.89. The first-order valence-electron chi connectivity index (χ1n) is 11.3. The number of cyclic esters (lactones) is 1. The molecule has 0 aliphatic carbocycles. The third kappa shape index (κ3) is 6.71. The van der Waals surface area contributed by atoms with Crippen LogP contribution in [0.3, 0.4) is 0 Å². The lowest BCUT2D eigenvalue weighted by atomic mass is 10.1. The van der Waals surface area contributed by atoms with E-state index in [0.29, 0.717) is 0 Å². The van der Waals surface area contributed by atoms with E-state index in [2.05, 4.69) is 0 Å². The molecule has 1 aliphatic rings. The second-order valence-electron chi connectivity index (χ2n) is 7.98. The van der Waals surface area contributed by atoms with Crippen LogP contribution in [-0.4, -0.2) is 35.9 Å². The number of esters is 2. The van der Waals surface area contributed by atoms with E-state index in [1.165, 1.54) is 0 Å². The summed E-state index contributed by atoms with van der Waals surface area (Å²) < 4.78 is 22.3. The largest absolute Gasteiger partial charge is 0.485 e. The summed E-state index contributed by atoms with van der Waals surface area (Å²) in [6.45, 7) is -0.103. The number of benzene rings is 3. The molecule has 3 aromatic rings. The average molecular weight is 475 g/mol. The zero-order valence-corrected chi connectivity index (χ0v) is 19.0. The highest BCUT2D eigenvalue weighted by Crippen LogP contribution is 2.29. The predicted molar refractivity (Wildman–Crippen MR) is 126 cm³/mol. The fourth-order valence-electron chi connectivity index (χ4n) is 3.53. The molecule has 0 saturated heterocycles. The molecule has 1 heterocycles. The van der Waals surface area contributed by atoms with E-state index >= 15 is 0 Å². The Labute approximate surface area is 203 Å². The van der Waals surface area contributed by atoms with Crippen LogP contribution in [-0.2, 0) is 48.2 Å². The Morgan fingerprint density at radius 3 is 1.89 bits per heavy atom. The highest BCUT2D eigenvalue weighted by Gasteiger charge is 2.42. The van der Waals surface area contributed by atoms with Crippen LogP contribution in [0, 0.1) is 0 Å². The van der Waals surface area contributed by atoms with Crippen LogP contribution in [0.2, 0.25) is 0 Å². The quantitative estimate of drug-likeness (QED) is 0.424. The molecule has 7 heteroatoms. The monoisotopic (exact) mass is 474 g/mol. The van der Waals surface area contributed by atoms with Crippen molar-refractivity contribution in [2.45, 2.75) is 31.8 Å². The highest BCUT2D eigenvalue weighted by atomic mass is 16.6. The lowest BCUT2D eigenvalue weighted by molar-refractivity contribution is -0.154. The molecule has 2 atom stereocenters. The molecule has 0 radical (unpaired) electrons. The molecule has 35 heavy (non-hydrogen) atoms. The molecule has 0 saturated carbocycles. The Kier molecular flexibility index (Phi) is 8.14. The van der Waals surface area contributed by atoms with Crippen molar-refractivity contribution in [1.82, 2.24) is 0 Å². The Morgan fingerprint density at radius 1 is 0.800 bits per heavy atom. The first-order valence-corrected chi connectivity index (χ1v) is 11.3. The Balaban J connectivity index is 1.44. The van der Waals surface area contributed by atoms with E-state index in [1.807, 2.05) is 91.0 Å². The van der Waals surface area contributed by atoms with E-state index < -0.39 is 24.1 Å². The van der Waals surface area contributed by atoms with Gasteiger partial charge in [-0.05, 0) is 16.7 Å². The third-order valence-electron chi connectivity index (χ3n) is 5.32. The van der Waals surface area contributed by atoms with E-state index in [-0.39, 0.29) is 37.8 Å². The van der Waals surface area contributed by atoms with Gasteiger partial charge in [-0.2, -0.15) is 0 Å². The van der Waals surface area contributed by atoms with Crippen molar-refractivity contribution >= 4 is 11.9 Å². The van der Waals surface area contributed by atoms with Crippen LogP contribution in [0.5, 0.6) is 0 Å². The lowest BCUT2D eigenvalue weighted by Crippen LogP contribution is -2.34. The van der Waals surface area contributed by atoms with E-state index in [4.69, 9.17) is 18.9 Å². The molecular weight excluding hydrogens is 448 g/mol. The number of hydrogen-bond acceptors (Lipinski definition) is 7. The lowest BCUT2D eigenvalue weighted by Gasteiger charge is -2.20. The van der Waals surface area contributed by atoms with Crippen LogP contribution < -0.4 is 0 Å². The van der Waals surface area contributed by atoms with Gasteiger partial charge in [0.2, 0.25) is 5.76 Å². The molecule has 7 nitrogen and oxygen atoms in total. The van der Waals surface area contributed by atoms with Gasteiger partial charge in [0.25, 0.3) is 0 Å². The van der Waals surface area contributed by atoms with Crippen molar-refractivity contribution in [3.63, 3.8) is 0 Å². The van der Waals surface area contributed by atoms with Gasteiger partial charge in [0.05, 0.1) is 6.42 Å². The zero-order chi connectivity index (χ0) is 24.5. The summed E-state index contributed by atoms with van der Waals surface area (Å²) in [5.74, 6) is -1.29. The van der Waals surface area contributed by atoms with Gasteiger partial charge in [-0.15, -0.1) is 0 Å². The minimum Gasteiger partial charge on any atom is -0.485 e. The summed E-state index contributed by atoms with van der Waals surface area (Å²) in [7, 11) is 0. The summed E-state index contributed by atoms with van der Waals surface area (Å²) in [4.78, 5) is 24.8. The molecular formula is C28H26O7. The summed E-state index contributed by atoms with van der Waals surface area (Å²) in [6, 6.07) is 27.8. The molecule has 3 aromatic carbocycles. The van der Waals surface area contributed by atoms with Crippen LogP contribution in [0.15, 0.2) is 103 Å². The SMILES string of the molecule is O=C(Cc1ccccc1)OC[C@@H](O)[C@H]1OC(=O)C(OCc2ccccc2)=C1OCc1ccccc1. The van der Waals surface area contributed by atoms with E-state index in [1.54, 1.807) is 0 Å². The molecule has 0 bridgehead atoms. The second kappa shape index (κ2) is 11.9. The van der Waals surface area contributed by atoms with Gasteiger partial charge < -0.3 is 24.1 Å². The Bertz CT molecular complexity index is 1140. The van der Waals surface area contributed by atoms with Gasteiger partial charge in [-0.3, -0.25) is 4.79 Å². The van der Waals surface area contributed by atoms with Crippen molar-refractivity contribution in [3.05, 3.63) is 119 Å². The maximum absolute atomic E-state index is 12.6. The second-order valence-corrected chi connectivity index (χ2v) is 7.98. The smallest absolute Gasteiger partial charge is 0.378 e. The maximum Gasteiger partial charge on any atom is 0.378 e. The van der Waals surface area contributed by atoms with Crippen molar-refractivity contribution in [1.29, 1.82) is 0 Å². The third-order valence-corrected chi connectivity index (χ3v) is 5.32. The zero-order valence-electron chi connectivity index (χ0n) is 19.0. The first-order chi connectivity index (χ1) is 17.1. The van der Waals surface area contributed by atoms with Crippen LogP contribution >= 0.6 is 0 Å². The first kappa shape index (κ1) is 24.0. The standard InChI is InChI=1S/C28H26O7/c29-23(19-32-24(30)16-20-10-4-1-5-11-20)25-26(33-17-21-12-6-2-7-13-21)27(28(31)35-25)34-18-22-14-8-3-9-15-22/h1-15,23,25,29H,16-19H2/t23-,25-/m1/s1. The van der Waals surface area contributed by atoms with Crippen LogP contribution in [0.4, 0.5) is 0 Å². The number of hydrogen-bond donors (Lipinski definition) is 1. The van der Waals surface area contributed by atoms with Gasteiger partial charge in [0.15, 0.2) is 11.9 Å². The van der Waals surface area contributed by atoms with Gasteiger partial charge >= 0.3 is 11.9 Å². The van der Waals surface area contributed by atoms with Gasteiger partial charge in [0.1, 0.15) is 25.9 Å². The maximum atomic E-state index is 12.6. The molecule has 1 aliphatic heterocycles. The summed E-state index contributed by atoms with van der Waals surface area (Å²) in [5, 5.41) is 10.7. The van der Waals surface area contributed by atoms with E-state index in [0.717, 1.165) is 16.7 Å². The van der Waals surface area contributed by atoms with Gasteiger partial charge in [-0.1, -0.05) is 91.0 Å². The minimum atomic E-state index is -1.33. The molecule has 0 fully saturated rings. The molecule has 4 rings (SSSR count). The molecule has 0 spiro atoms. The molecule has 180 valence electrons. The van der Waals surface area contributed by atoms with Crippen molar-refractivity contribution in [2.75, 3.05) is 6.61 Å². The molecule has 1 N–H and O–H groups in total. The minimum absolute atomic E-state index is 0.0661. The molecule has 0 amide bonds. The number of rotatable bonds is 11. The van der Waals surface area contributed by atoms with Crippen molar-refractivity contribution in [3.8, 4) is 0 Å². The Morgan fingerprint density at radius 2 is 1.31 bits per heavy atom. The average Bonchev–Trinajstić information content (AvgIpc) is 3.21. The number of ether oxygens (including phenoxy) is 4. The van der Waals surface area contributed by atoms with Crippen LogP contribution in [0.1, 0.15) is 16.7 Å². The van der Waals surface area contributed by atoms with Gasteiger partial charge in [-0.25, -0.2) is 4.79 Å². The number of aliphatic hydroxyl groups is 1. The molecule has 0 aromatic heterocycles. The fraction of sp³-hybridized carbons (Fsp3) is 0.214. The summed E-state index contributed by atoms with van der Waals surface area (Å²) >= 11 is 0. The van der Waals surface area contributed by atoms with Gasteiger partial charge in [0, 0.05) is 0 Å².